The van der Waals surface area contributed by atoms with Crippen LogP contribution in [0.25, 0.3) is 11.2 Å². The van der Waals surface area contributed by atoms with E-state index in [4.69, 9.17) is 11.6 Å². The van der Waals surface area contributed by atoms with Crippen LogP contribution in [0.3, 0.4) is 0 Å². The Morgan fingerprint density at radius 1 is 1.30 bits per heavy atom. The zero-order valence-electron chi connectivity index (χ0n) is 11.7. The first kappa shape index (κ1) is 13.1. The van der Waals surface area contributed by atoms with Crippen molar-refractivity contribution in [3.05, 3.63) is 41.6 Å². The molecular weight excluding hydrogens is 274 g/mol. The number of hydrogen-bond acceptors (Lipinski definition) is 3. The van der Waals surface area contributed by atoms with Gasteiger partial charge in [-0.1, -0.05) is 0 Å². The molecule has 0 N–H and O–H groups in total. The number of pyridine rings is 1. The Kier molecular flexibility index (Phi) is 3.22. The minimum atomic E-state index is -0.170. The van der Waals surface area contributed by atoms with Crippen LogP contribution in [-0.4, -0.2) is 24.3 Å². The van der Waals surface area contributed by atoms with E-state index in [1.54, 1.807) is 6.20 Å². The van der Waals surface area contributed by atoms with Gasteiger partial charge in [0.2, 0.25) is 0 Å². The molecule has 3 aromatic heterocycles. The predicted molar refractivity (Wildman–Crippen MR) is 78.8 cm³/mol. The average Bonchev–Trinajstić information content (AvgIpc) is 2.96. The molecule has 0 fully saturated rings. The second-order valence-corrected chi connectivity index (χ2v) is 5.57. The number of nitrogens with zero attached hydrogens (tertiary/aromatic N) is 5. The van der Waals surface area contributed by atoms with Crippen LogP contribution in [-0.2, 0) is 13.6 Å². The van der Waals surface area contributed by atoms with Crippen LogP contribution in [0.5, 0.6) is 0 Å². The quantitative estimate of drug-likeness (QED) is 0.697. The Labute approximate surface area is 122 Å². The Morgan fingerprint density at radius 3 is 2.75 bits per heavy atom. The minimum Gasteiger partial charge on any atom is -0.305 e. The Bertz CT molecular complexity index is 756. The van der Waals surface area contributed by atoms with Crippen LogP contribution in [0.2, 0.25) is 0 Å². The first-order valence-electron chi connectivity index (χ1n) is 6.50. The van der Waals surface area contributed by atoms with Crippen LogP contribution in [0.4, 0.5) is 0 Å². The van der Waals surface area contributed by atoms with Gasteiger partial charge in [0.15, 0.2) is 5.65 Å². The summed E-state index contributed by atoms with van der Waals surface area (Å²) >= 11 is 6.28. The summed E-state index contributed by atoms with van der Waals surface area (Å²) in [6, 6.07) is 3.96. The van der Waals surface area contributed by atoms with Gasteiger partial charge in [-0.25, -0.2) is 9.97 Å². The lowest BCUT2D eigenvalue weighted by molar-refractivity contribution is 0.651. The van der Waals surface area contributed by atoms with Crippen molar-refractivity contribution >= 4 is 22.8 Å². The third-order valence-electron chi connectivity index (χ3n) is 3.46. The van der Waals surface area contributed by atoms with E-state index in [1.165, 1.54) is 0 Å². The number of hydrogen-bond donors (Lipinski definition) is 0. The van der Waals surface area contributed by atoms with Gasteiger partial charge in [0.1, 0.15) is 11.3 Å². The molecule has 104 valence electrons. The highest BCUT2D eigenvalue weighted by Crippen LogP contribution is 2.25. The van der Waals surface area contributed by atoms with Crippen LogP contribution in [0, 0.1) is 6.92 Å². The molecule has 0 bridgehead atoms. The highest BCUT2D eigenvalue weighted by Gasteiger charge is 2.18. The highest BCUT2D eigenvalue weighted by atomic mass is 35.5. The zero-order valence-corrected chi connectivity index (χ0v) is 12.5. The number of halogens is 1. The molecule has 3 aromatic rings. The molecule has 5 nitrogen and oxygen atoms in total. The molecule has 1 atom stereocenters. The Hall–Kier alpha value is -1.88. The predicted octanol–water partition coefficient (Wildman–Crippen LogP) is 2.82. The van der Waals surface area contributed by atoms with Gasteiger partial charge in [-0.15, -0.1) is 11.6 Å². The average molecular weight is 290 g/mol. The third kappa shape index (κ3) is 2.08. The van der Waals surface area contributed by atoms with E-state index < -0.39 is 0 Å². The van der Waals surface area contributed by atoms with E-state index in [-0.39, 0.29) is 5.38 Å². The lowest BCUT2D eigenvalue weighted by Gasteiger charge is -2.10. The van der Waals surface area contributed by atoms with Gasteiger partial charge < -0.3 is 4.57 Å². The molecule has 3 heterocycles. The van der Waals surface area contributed by atoms with Gasteiger partial charge in [-0.05, 0) is 31.5 Å². The van der Waals surface area contributed by atoms with Crippen molar-refractivity contribution in [1.29, 1.82) is 0 Å². The maximum Gasteiger partial charge on any atom is 0.160 e. The van der Waals surface area contributed by atoms with Crippen LogP contribution >= 0.6 is 11.6 Å². The number of fused-ring (bicyclic) bond motifs is 1. The fraction of sp³-hybridized carbons (Fsp3) is 0.357. The molecule has 0 saturated heterocycles. The van der Waals surface area contributed by atoms with Crippen molar-refractivity contribution in [2.24, 2.45) is 7.05 Å². The van der Waals surface area contributed by atoms with E-state index in [9.17, 15) is 0 Å². The van der Waals surface area contributed by atoms with Gasteiger partial charge in [0.05, 0.1) is 17.6 Å². The van der Waals surface area contributed by atoms with Crippen molar-refractivity contribution in [3.8, 4) is 0 Å². The summed E-state index contributed by atoms with van der Waals surface area (Å²) in [5.41, 5.74) is 3.98. The Morgan fingerprint density at radius 2 is 2.10 bits per heavy atom. The molecule has 3 rings (SSSR count). The molecule has 0 aromatic carbocycles. The number of rotatable bonds is 3. The second-order valence-electron chi connectivity index (χ2n) is 4.92. The van der Waals surface area contributed by atoms with Gasteiger partial charge >= 0.3 is 0 Å². The van der Waals surface area contributed by atoms with Crippen LogP contribution in [0.1, 0.15) is 29.4 Å². The minimum absolute atomic E-state index is 0.170. The highest BCUT2D eigenvalue weighted by molar-refractivity contribution is 6.20. The summed E-state index contributed by atoms with van der Waals surface area (Å²) in [4.78, 5) is 9.13. The van der Waals surface area contributed by atoms with Gasteiger partial charge in [-0.2, -0.15) is 5.10 Å². The van der Waals surface area contributed by atoms with Crippen LogP contribution in [0.15, 0.2) is 24.5 Å². The van der Waals surface area contributed by atoms with Crippen molar-refractivity contribution in [3.63, 3.8) is 0 Å². The van der Waals surface area contributed by atoms with E-state index >= 15 is 0 Å². The number of imidazole rings is 1. The number of alkyl halides is 1. The molecule has 6 heteroatoms. The molecule has 0 saturated carbocycles. The molecule has 0 aliphatic rings. The summed E-state index contributed by atoms with van der Waals surface area (Å²) in [7, 11) is 1.93. The van der Waals surface area contributed by atoms with E-state index in [2.05, 4.69) is 19.6 Å². The molecule has 0 aliphatic heterocycles. The maximum absolute atomic E-state index is 6.28. The molecule has 1 unspecified atom stereocenters. The largest absolute Gasteiger partial charge is 0.305 e. The molecule has 0 spiro atoms. The fourth-order valence-electron chi connectivity index (χ4n) is 2.33. The smallest absolute Gasteiger partial charge is 0.160 e. The summed E-state index contributed by atoms with van der Waals surface area (Å²) < 4.78 is 3.92. The van der Waals surface area contributed by atoms with Gasteiger partial charge in [0.25, 0.3) is 0 Å². The molecular formula is C14H16ClN5. The lowest BCUT2D eigenvalue weighted by Crippen LogP contribution is -2.09. The maximum atomic E-state index is 6.28. The topological polar surface area (TPSA) is 48.5 Å². The van der Waals surface area contributed by atoms with Crippen molar-refractivity contribution in [2.45, 2.75) is 25.8 Å². The molecule has 0 radical (unpaired) electrons. The SMILES string of the molecule is Cc1ccnc2c1nc(C(C)Cl)n2Cc1ccnn1C. The molecule has 20 heavy (non-hydrogen) atoms. The van der Waals surface area contributed by atoms with Crippen molar-refractivity contribution in [2.75, 3.05) is 0 Å². The Balaban J connectivity index is 2.19. The van der Waals surface area contributed by atoms with E-state index in [0.717, 1.165) is 28.2 Å². The summed E-state index contributed by atoms with van der Waals surface area (Å²) in [5, 5.41) is 4.03. The van der Waals surface area contributed by atoms with Crippen molar-refractivity contribution in [1.82, 2.24) is 24.3 Å². The van der Waals surface area contributed by atoms with Crippen molar-refractivity contribution < 1.29 is 0 Å². The van der Waals surface area contributed by atoms with E-state index in [0.29, 0.717) is 6.54 Å². The summed E-state index contributed by atoms with van der Waals surface area (Å²) in [6.07, 6.45) is 3.60. The van der Waals surface area contributed by atoms with Crippen LogP contribution < -0.4 is 0 Å². The summed E-state index contributed by atoms with van der Waals surface area (Å²) in [6.45, 7) is 4.63. The molecule has 0 aliphatic carbocycles. The first-order valence-corrected chi connectivity index (χ1v) is 6.94. The zero-order chi connectivity index (χ0) is 14.3. The standard InChI is InChI=1S/C14H16ClN5/c1-9-4-6-16-14-12(9)18-13(10(2)15)20(14)8-11-5-7-17-19(11)3/h4-7,10H,8H2,1-3H3. The second kappa shape index (κ2) is 4.90. The van der Waals surface area contributed by atoms with Gasteiger partial charge in [-0.3, -0.25) is 4.68 Å². The summed E-state index contributed by atoms with van der Waals surface area (Å²) in [5.74, 6) is 0.838. The number of aryl methyl sites for hydroxylation is 2. The number of aromatic nitrogens is 5. The molecule has 0 amide bonds. The van der Waals surface area contributed by atoms with E-state index in [1.807, 2.05) is 43.9 Å². The lowest BCUT2D eigenvalue weighted by atomic mass is 10.3. The monoisotopic (exact) mass is 289 g/mol. The fourth-order valence-corrected chi connectivity index (χ4v) is 2.50. The third-order valence-corrected chi connectivity index (χ3v) is 3.66. The van der Waals surface area contributed by atoms with Gasteiger partial charge in [0, 0.05) is 19.4 Å². The first-order chi connectivity index (χ1) is 9.58. The normalized spacial score (nSPS) is 13.0.